The molecule has 0 aromatic heterocycles. The van der Waals surface area contributed by atoms with Gasteiger partial charge < -0.3 is 5.32 Å². The number of fused-ring (bicyclic) bond motifs is 3. The summed E-state index contributed by atoms with van der Waals surface area (Å²) in [5, 5.41) is 3.53. The molecule has 1 heterocycles. The highest BCUT2D eigenvalue weighted by Crippen LogP contribution is 2.47. The average molecular weight is 344 g/mol. The highest BCUT2D eigenvalue weighted by molar-refractivity contribution is 9.10. The smallest absolute Gasteiger partial charge is 0.0524 e. The number of hydrogen-bond acceptors (Lipinski definition) is 2. The molecular weight excluding hydrogens is 330 g/mol. The Bertz CT molecular complexity index is 705. The van der Waals surface area contributed by atoms with E-state index in [-0.39, 0.29) is 0 Å². The summed E-state index contributed by atoms with van der Waals surface area (Å²) in [7, 11) is 0. The summed E-state index contributed by atoms with van der Waals surface area (Å²) in [4.78, 5) is 2.66. The Morgan fingerprint density at radius 2 is 1.90 bits per heavy atom. The van der Waals surface area contributed by atoms with Gasteiger partial charge in [-0.25, -0.2) is 0 Å². The third-order valence-electron chi connectivity index (χ3n) is 3.82. The van der Waals surface area contributed by atoms with E-state index in [1.54, 1.807) is 0 Å². The molecule has 2 aromatic rings. The minimum Gasteiger partial charge on any atom is -0.300 e. The van der Waals surface area contributed by atoms with Crippen LogP contribution in [0, 0.1) is 6.92 Å². The molecule has 2 aromatic carbocycles. The summed E-state index contributed by atoms with van der Waals surface area (Å²) in [6.45, 7) is 2.12. The SMILES string of the molecule is Cc1ccc(SC2=CC3NC3c3ccc(Br)cc32)cc1. The molecule has 1 aliphatic carbocycles. The number of rotatable bonds is 2. The van der Waals surface area contributed by atoms with Crippen LogP contribution in [-0.4, -0.2) is 6.04 Å². The van der Waals surface area contributed by atoms with Crippen molar-refractivity contribution in [2.45, 2.75) is 23.9 Å². The van der Waals surface area contributed by atoms with Gasteiger partial charge in [0, 0.05) is 20.3 Å². The molecule has 1 saturated heterocycles. The van der Waals surface area contributed by atoms with Crippen LogP contribution in [0.3, 0.4) is 0 Å². The van der Waals surface area contributed by atoms with Crippen molar-refractivity contribution >= 4 is 32.6 Å². The molecular formula is C17H14BrNS. The molecule has 1 fully saturated rings. The van der Waals surface area contributed by atoms with E-state index in [1.165, 1.54) is 26.5 Å². The maximum absolute atomic E-state index is 3.59. The first-order chi connectivity index (χ1) is 9.70. The highest BCUT2D eigenvalue weighted by atomic mass is 79.9. The van der Waals surface area contributed by atoms with Crippen molar-refractivity contribution in [1.82, 2.24) is 5.32 Å². The predicted octanol–water partition coefficient (Wildman–Crippen LogP) is 4.92. The summed E-state index contributed by atoms with van der Waals surface area (Å²) in [5.74, 6) is 0. The molecule has 3 heteroatoms. The maximum atomic E-state index is 3.59. The Kier molecular flexibility index (Phi) is 3.02. The molecule has 20 heavy (non-hydrogen) atoms. The molecule has 0 saturated carbocycles. The van der Waals surface area contributed by atoms with Crippen molar-refractivity contribution in [3.63, 3.8) is 0 Å². The normalized spacial score (nSPS) is 22.8. The summed E-state index contributed by atoms with van der Waals surface area (Å²) in [5.41, 5.74) is 4.09. The zero-order chi connectivity index (χ0) is 13.7. The lowest BCUT2D eigenvalue weighted by atomic mass is 9.97. The standard InChI is InChI=1S/C17H14BrNS/c1-10-2-5-12(6-3-10)20-16-9-15-17(19-15)13-7-4-11(18)8-14(13)16/h2-9,15,17,19H,1H3. The predicted molar refractivity (Wildman–Crippen MR) is 88.8 cm³/mol. The molecule has 4 rings (SSSR count). The second kappa shape index (κ2) is 4.76. The quantitative estimate of drug-likeness (QED) is 0.782. The van der Waals surface area contributed by atoms with Crippen molar-refractivity contribution in [1.29, 1.82) is 0 Å². The van der Waals surface area contributed by atoms with Gasteiger partial charge in [-0.15, -0.1) is 0 Å². The molecule has 2 aliphatic rings. The van der Waals surface area contributed by atoms with Gasteiger partial charge in [0.15, 0.2) is 0 Å². The highest BCUT2D eigenvalue weighted by Gasteiger charge is 2.41. The number of aryl methyl sites for hydroxylation is 1. The van der Waals surface area contributed by atoms with E-state index < -0.39 is 0 Å². The van der Waals surface area contributed by atoms with Crippen molar-refractivity contribution in [3.8, 4) is 0 Å². The second-order valence-corrected chi connectivity index (χ2v) is 7.38. The Morgan fingerprint density at radius 3 is 2.70 bits per heavy atom. The first-order valence-corrected chi connectivity index (χ1v) is 8.34. The largest absolute Gasteiger partial charge is 0.300 e. The minimum atomic E-state index is 0.525. The Hall–Kier alpha value is -1.03. The lowest BCUT2D eigenvalue weighted by Gasteiger charge is -2.16. The van der Waals surface area contributed by atoms with Gasteiger partial charge in [-0.05, 0) is 42.3 Å². The van der Waals surface area contributed by atoms with Crippen molar-refractivity contribution in [2.75, 3.05) is 0 Å². The van der Waals surface area contributed by atoms with Crippen molar-refractivity contribution < 1.29 is 0 Å². The molecule has 100 valence electrons. The number of hydrogen-bond donors (Lipinski definition) is 1. The fourth-order valence-electron chi connectivity index (χ4n) is 2.67. The number of benzene rings is 2. The third kappa shape index (κ3) is 2.24. The first kappa shape index (κ1) is 12.7. The van der Waals surface area contributed by atoms with E-state index in [1.807, 2.05) is 11.8 Å². The van der Waals surface area contributed by atoms with Crippen LogP contribution in [-0.2, 0) is 0 Å². The van der Waals surface area contributed by atoms with E-state index in [2.05, 4.69) is 76.7 Å². The Balaban J connectivity index is 1.72. The maximum Gasteiger partial charge on any atom is 0.0524 e. The van der Waals surface area contributed by atoms with Crippen LogP contribution in [0.25, 0.3) is 4.91 Å². The zero-order valence-corrected chi connectivity index (χ0v) is 13.5. The van der Waals surface area contributed by atoms with Crippen molar-refractivity contribution in [3.05, 3.63) is 69.7 Å². The molecule has 1 N–H and O–H groups in total. The number of halogens is 1. The van der Waals surface area contributed by atoms with Gasteiger partial charge in [0.05, 0.1) is 6.04 Å². The van der Waals surface area contributed by atoms with E-state index in [0.29, 0.717) is 12.1 Å². The van der Waals surface area contributed by atoms with Crippen LogP contribution >= 0.6 is 27.7 Å². The van der Waals surface area contributed by atoms with Crippen LogP contribution in [0.2, 0.25) is 0 Å². The zero-order valence-electron chi connectivity index (χ0n) is 11.1. The molecule has 0 radical (unpaired) electrons. The van der Waals surface area contributed by atoms with Gasteiger partial charge in [-0.1, -0.05) is 57.5 Å². The number of thioether (sulfide) groups is 1. The van der Waals surface area contributed by atoms with E-state index in [0.717, 1.165) is 4.47 Å². The van der Waals surface area contributed by atoms with E-state index in [4.69, 9.17) is 0 Å². The fraction of sp³-hybridized carbons (Fsp3) is 0.176. The molecule has 1 aliphatic heterocycles. The lowest BCUT2D eigenvalue weighted by molar-refractivity contribution is 1.05. The van der Waals surface area contributed by atoms with Gasteiger partial charge in [-0.2, -0.15) is 0 Å². The van der Waals surface area contributed by atoms with Crippen LogP contribution in [0.5, 0.6) is 0 Å². The fourth-order valence-corrected chi connectivity index (χ4v) is 4.06. The third-order valence-corrected chi connectivity index (χ3v) is 5.39. The molecule has 2 atom stereocenters. The minimum absolute atomic E-state index is 0.525. The van der Waals surface area contributed by atoms with Crippen LogP contribution in [0.15, 0.2) is 57.9 Å². The monoisotopic (exact) mass is 343 g/mol. The van der Waals surface area contributed by atoms with Crippen molar-refractivity contribution in [2.24, 2.45) is 0 Å². The topological polar surface area (TPSA) is 21.9 Å². The van der Waals surface area contributed by atoms with Crippen LogP contribution < -0.4 is 5.32 Å². The molecule has 0 spiro atoms. The summed E-state index contributed by atoms with van der Waals surface area (Å²) >= 11 is 5.44. The van der Waals surface area contributed by atoms with Gasteiger partial charge in [-0.3, -0.25) is 0 Å². The first-order valence-electron chi connectivity index (χ1n) is 6.73. The summed E-state index contributed by atoms with van der Waals surface area (Å²) in [6.07, 6.45) is 2.37. The van der Waals surface area contributed by atoms with E-state index >= 15 is 0 Å². The van der Waals surface area contributed by atoms with Crippen LogP contribution in [0.4, 0.5) is 0 Å². The van der Waals surface area contributed by atoms with Gasteiger partial charge in [0.2, 0.25) is 0 Å². The van der Waals surface area contributed by atoms with Gasteiger partial charge in [0.25, 0.3) is 0 Å². The molecule has 1 nitrogen and oxygen atoms in total. The summed E-state index contributed by atoms with van der Waals surface area (Å²) in [6, 6.07) is 16.4. The molecule has 2 unspecified atom stereocenters. The number of nitrogens with one attached hydrogen (secondary N) is 1. The van der Waals surface area contributed by atoms with E-state index in [9.17, 15) is 0 Å². The molecule has 0 bridgehead atoms. The van der Waals surface area contributed by atoms with Gasteiger partial charge >= 0.3 is 0 Å². The lowest BCUT2D eigenvalue weighted by Crippen LogP contribution is -1.99. The Labute approximate surface area is 131 Å². The average Bonchev–Trinajstić information content (AvgIpc) is 3.20. The Morgan fingerprint density at radius 1 is 1.10 bits per heavy atom. The molecule has 0 amide bonds. The summed E-state index contributed by atoms with van der Waals surface area (Å²) < 4.78 is 1.14. The van der Waals surface area contributed by atoms with Gasteiger partial charge in [0.1, 0.15) is 0 Å². The second-order valence-electron chi connectivity index (χ2n) is 5.35. The van der Waals surface area contributed by atoms with Crippen LogP contribution in [0.1, 0.15) is 22.7 Å².